The molecule has 0 atom stereocenters. The third-order valence-electron chi connectivity index (χ3n) is 2.37. The van der Waals surface area contributed by atoms with Gasteiger partial charge in [-0.15, -0.1) is 11.3 Å². The van der Waals surface area contributed by atoms with Gasteiger partial charge in [-0.3, -0.25) is 0 Å². The van der Waals surface area contributed by atoms with Gasteiger partial charge in [0.1, 0.15) is 11.3 Å². The summed E-state index contributed by atoms with van der Waals surface area (Å²) in [5.41, 5.74) is 2.34. The molecule has 72 valence electrons. The smallest absolute Gasteiger partial charge is 0.127 e. The Morgan fingerprint density at radius 1 is 1.50 bits per heavy atom. The van der Waals surface area contributed by atoms with E-state index in [-0.39, 0.29) is 0 Å². The number of furan rings is 1. The van der Waals surface area contributed by atoms with E-state index in [1.165, 1.54) is 10.6 Å². The Kier molecular flexibility index (Phi) is 1.89. The van der Waals surface area contributed by atoms with Gasteiger partial charge in [0.15, 0.2) is 0 Å². The molecule has 3 nitrogen and oxygen atoms in total. The fraction of sp³-hybridized carbons (Fsp3) is 0.300. The number of nitrogens with zero attached hydrogens (tertiary/aromatic N) is 1. The number of hydrogen-bond acceptors (Lipinski definition) is 4. The lowest BCUT2D eigenvalue weighted by molar-refractivity contribution is 0.568. The van der Waals surface area contributed by atoms with E-state index < -0.39 is 0 Å². The van der Waals surface area contributed by atoms with Crippen LogP contribution in [0.4, 0.5) is 0 Å². The molecule has 0 fully saturated rings. The van der Waals surface area contributed by atoms with E-state index in [9.17, 15) is 0 Å². The van der Waals surface area contributed by atoms with Crippen LogP contribution in [-0.2, 0) is 13.0 Å². The van der Waals surface area contributed by atoms with E-state index in [0.29, 0.717) is 0 Å². The average Bonchev–Trinajstić information content (AvgIpc) is 2.86. The summed E-state index contributed by atoms with van der Waals surface area (Å²) in [5, 5.41) is 4.42. The lowest BCUT2D eigenvalue weighted by atomic mass is 10.2. The van der Waals surface area contributed by atoms with Crippen LogP contribution in [0.25, 0.3) is 10.6 Å². The molecule has 1 aliphatic rings. The second kappa shape index (κ2) is 3.22. The van der Waals surface area contributed by atoms with Crippen LogP contribution in [0.3, 0.4) is 0 Å². The van der Waals surface area contributed by atoms with Crippen molar-refractivity contribution >= 4 is 11.3 Å². The lowest BCUT2D eigenvalue weighted by Crippen LogP contribution is -2.22. The highest BCUT2D eigenvalue weighted by Gasteiger charge is 2.15. The molecular weight excluding hydrogens is 196 g/mol. The molecule has 3 rings (SSSR count). The maximum atomic E-state index is 5.05. The largest absolute Gasteiger partial charge is 0.472 e. The van der Waals surface area contributed by atoms with E-state index in [1.54, 1.807) is 23.9 Å². The summed E-state index contributed by atoms with van der Waals surface area (Å²) in [6.07, 6.45) is 4.48. The van der Waals surface area contributed by atoms with Crippen molar-refractivity contribution in [2.24, 2.45) is 0 Å². The summed E-state index contributed by atoms with van der Waals surface area (Å²) in [6.45, 7) is 2.01. The number of hydrogen-bond donors (Lipinski definition) is 1. The fourth-order valence-electron chi connectivity index (χ4n) is 1.64. The first-order chi connectivity index (χ1) is 6.93. The molecule has 0 aliphatic carbocycles. The van der Waals surface area contributed by atoms with Crippen LogP contribution < -0.4 is 5.32 Å². The maximum Gasteiger partial charge on any atom is 0.127 e. The minimum atomic E-state index is 0.963. The normalized spacial score (nSPS) is 15.4. The summed E-state index contributed by atoms with van der Waals surface area (Å²) in [6, 6.07) is 1.96. The van der Waals surface area contributed by atoms with Crippen LogP contribution >= 0.6 is 11.3 Å². The van der Waals surface area contributed by atoms with Gasteiger partial charge in [-0.05, 0) is 6.07 Å². The molecule has 0 unspecified atom stereocenters. The van der Waals surface area contributed by atoms with Gasteiger partial charge < -0.3 is 9.73 Å². The molecule has 2 aromatic heterocycles. The van der Waals surface area contributed by atoms with Gasteiger partial charge in [0.05, 0.1) is 12.0 Å². The van der Waals surface area contributed by atoms with Crippen molar-refractivity contribution in [3.05, 3.63) is 29.2 Å². The van der Waals surface area contributed by atoms with Gasteiger partial charge in [0.2, 0.25) is 0 Å². The molecule has 0 saturated heterocycles. The van der Waals surface area contributed by atoms with E-state index >= 15 is 0 Å². The maximum absolute atomic E-state index is 5.05. The standard InChI is InChI=1S/C10H10N2OS/c1-3-11-5-9-8(1)12-10(14-9)7-2-4-13-6-7/h2,4,6,11H,1,3,5H2. The van der Waals surface area contributed by atoms with Crippen LogP contribution in [0, 0.1) is 0 Å². The number of aromatic nitrogens is 1. The van der Waals surface area contributed by atoms with Crippen molar-refractivity contribution in [2.45, 2.75) is 13.0 Å². The molecule has 0 radical (unpaired) electrons. The highest BCUT2D eigenvalue weighted by atomic mass is 32.1. The molecule has 0 saturated carbocycles. The SMILES string of the molecule is c1cc(-c2nc3c(s2)CNCC3)co1. The Morgan fingerprint density at radius 2 is 2.50 bits per heavy atom. The molecule has 3 heterocycles. The predicted octanol–water partition coefficient (Wildman–Crippen LogP) is 2.05. The van der Waals surface area contributed by atoms with Crippen LogP contribution in [0.15, 0.2) is 23.0 Å². The Hall–Kier alpha value is -1.13. The molecule has 1 N–H and O–H groups in total. The quantitative estimate of drug-likeness (QED) is 0.776. The third-order valence-corrected chi connectivity index (χ3v) is 3.52. The van der Waals surface area contributed by atoms with E-state index in [1.807, 2.05) is 6.07 Å². The molecular formula is C10H10N2OS. The number of thiazole rings is 1. The highest BCUT2D eigenvalue weighted by Crippen LogP contribution is 2.29. The highest BCUT2D eigenvalue weighted by molar-refractivity contribution is 7.15. The summed E-state index contributed by atoms with van der Waals surface area (Å²) in [7, 11) is 0. The first-order valence-electron chi connectivity index (χ1n) is 4.65. The van der Waals surface area contributed by atoms with Crippen LogP contribution in [0.2, 0.25) is 0 Å². The molecule has 0 aromatic carbocycles. The third kappa shape index (κ3) is 1.27. The molecule has 0 spiro atoms. The van der Waals surface area contributed by atoms with Gasteiger partial charge in [-0.25, -0.2) is 4.98 Å². The minimum Gasteiger partial charge on any atom is -0.472 e. The number of nitrogens with one attached hydrogen (secondary N) is 1. The summed E-state index contributed by atoms with van der Waals surface area (Å²) >= 11 is 1.76. The Morgan fingerprint density at radius 3 is 3.29 bits per heavy atom. The molecule has 2 aromatic rings. The van der Waals surface area contributed by atoms with Crippen LogP contribution in [0.1, 0.15) is 10.6 Å². The second-order valence-corrected chi connectivity index (χ2v) is 4.41. The number of fused-ring (bicyclic) bond motifs is 1. The Labute approximate surface area is 85.8 Å². The van der Waals surface area contributed by atoms with Gasteiger partial charge in [0, 0.05) is 30.0 Å². The van der Waals surface area contributed by atoms with Gasteiger partial charge in [-0.2, -0.15) is 0 Å². The van der Waals surface area contributed by atoms with Crippen molar-refractivity contribution in [1.29, 1.82) is 0 Å². The van der Waals surface area contributed by atoms with E-state index in [2.05, 4.69) is 10.3 Å². The van der Waals surface area contributed by atoms with Crippen molar-refractivity contribution in [2.75, 3.05) is 6.54 Å². The topological polar surface area (TPSA) is 38.1 Å². The van der Waals surface area contributed by atoms with Crippen molar-refractivity contribution in [1.82, 2.24) is 10.3 Å². The monoisotopic (exact) mass is 206 g/mol. The van der Waals surface area contributed by atoms with Crippen molar-refractivity contribution in [3.8, 4) is 10.6 Å². The van der Waals surface area contributed by atoms with Gasteiger partial charge >= 0.3 is 0 Å². The van der Waals surface area contributed by atoms with Crippen molar-refractivity contribution in [3.63, 3.8) is 0 Å². The fourth-order valence-corrected chi connectivity index (χ4v) is 2.70. The summed E-state index contributed by atoms with van der Waals surface area (Å²) in [4.78, 5) is 5.98. The Bertz CT molecular complexity index is 409. The van der Waals surface area contributed by atoms with Crippen LogP contribution in [-0.4, -0.2) is 11.5 Å². The molecule has 4 heteroatoms. The van der Waals surface area contributed by atoms with Crippen LogP contribution in [0.5, 0.6) is 0 Å². The number of rotatable bonds is 1. The van der Waals surface area contributed by atoms with E-state index in [0.717, 1.165) is 30.1 Å². The summed E-state index contributed by atoms with van der Waals surface area (Å²) < 4.78 is 5.05. The molecule has 1 aliphatic heterocycles. The first kappa shape index (κ1) is 8.20. The zero-order chi connectivity index (χ0) is 9.38. The second-order valence-electron chi connectivity index (χ2n) is 3.33. The van der Waals surface area contributed by atoms with E-state index in [4.69, 9.17) is 4.42 Å². The Balaban J connectivity index is 2.04. The first-order valence-corrected chi connectivity index (χ1v) is 5.47. The van der Waals surface area contributed by atoms with Gasteiger partial charge in [-0.1, -0.05) is 0 Å². The molecule has 0 amide bonds. The summed E-state index contributed by atoms with van der Waals surface area (Å²) in [5.74, 6) is 0. The molecule has 0 bridgehead atoms. The van der Waals surface area contributed by atoms with Gasteiger partial charge in [0.25, 0.3) is 0 Å². The predicted molar refractivity (Wildman–Crippen MR) is 55.2 cm³/mol. The zero-order valence-corrected chi connectivity index (χ0v) is 8.43. The lowest BCUT2D eigenvalue weighted by Gasteiger charge is -2.09. The zero-order valence-electron chi connectivity index (χ0n) is 7.62. The molecule has 14 heavy (non-hydrogen) atoms. The van der Waals surface area contributed by atoms with Crippen molar-refractivity contribution < 1.29 is 4.42 Å². The minimum absolute atomic E-state index is 0.963. The average molecular weight is 206 g/mol.